The average molecular weight is 273 g/mol. The standard InChI is InChI=1S/C12H23N3O2S/c1-4-11-10-12(5-2)15(14-11)8-6-13-7-9-18(3,16)17/h10,13H,4-9H2,1-3H3. The van der Waals surface area contributed by atoms with E-state index in [1.807, 2.05) is 4.68 Å². The quantitative estimate of drug-likeness (QED) is 0.706. The molecule has 1 heterocycles. The number of nitrogens with zero attached hydrogens (tertiary/aromatic N) is 2. The molecule has 0 spiro atoms. The van der Waals surface area contributed by atoms with Gasteiger partial charge in [0.1, 0.15) is 9.84 Å². The number of sulfone groups is 1. The van der Waals surface area contributed by atoms with Gasteiger partial charge in [-0.2, -0.15) is 5.10 Å². The molecule has 5 nitrogen and oxygen atoms in total. The van der Waals surface area contributed by atoms with Crippen molar-refractivity contribution in [1.29, 1.82) is 0 Å². The molecule has 0 radical (unpaired) electrons. The largest absolute Gasteiger partial charge is 0.314 e. The van der Waals surface area contributed by atoms with Crippen molar-refractivity contribution in [3.05, 3.63) is 17.5 Å². The van der Waals surface area contributed by atoms with Crippen LogP contribution in [0.5, 0.6) is 0 Å². The first-order chi connectivity index (χ1) is 8.46. The maximum absolute atomic E-state index is 10.9. The summed E-state index contributed by atoms with van der Waals surface area (Å²) in [6, 6.07) is 2.14. The predicted molar refractivity (Wildman–Crippen MR) is 73.6 cm³/mol. The van der Waals surface area contributed by atoms with Crippen LogP contribution in [-0.4, -0.2) is 43.3 Å². The molecule has 0 fully saturated rings. The summed E-state index contributed by atoms with van der Waals surface area (Å²) < 4.78 is 23.9. The van der Waals surface area contributed by atoms with Gasteiger partial charge in [0.05, 0.1) is 18.0 Å². The van der Waals surface area contributed by atoms with E-state index in [4.69, 9.17) is 0 Å². The summed E-state index contributed by atoms with van der Waals surface area (Å²) in [6.45, 7) is 6.24. The van der Waals surface area contributed by atoms with Crippen molar-refractivity contribution in [3.8, 4) is 0 Å². The van der Waals surface area contributed by atoms with Crippen LogP contribution >= 0.6 is 0 Å². The summed E-state index contributed by atoms with van der Waals surface area (Å²) in [5, 5.41) is 7.63. The third-order valence-corrected chi connectivity index (χ3v) is 3.73. The second-order valence-corrected chi connectivity index (χ2v) is 6.70. The predicted octanol–water partition coefficient (Wildman–Crippen LogP) is 0.642. The summed E-state index contributed by atoms with van der Waals surface area (Å²) in [4.78, 5) is 0. The number of aryl methyl sites for hydroxylation is 2. The lowest BCUT2D eigenvalue weighted by atomic mass is 10.3. The van der Waals surface area contributed by atoms with Gasteiger partial charge < -0.3 is 5.32 Å². The summed E-state index contributed by atoms with van der Waals surface area (Å²) >= 11 is 0. The number of hydrogen-bond donors (Lipinski definition) is 1. The lowest BCUT2D eigenvalue weighted by Gasteiger charge is -2.07. The first kappa shape index (κ1) is 15.2. The molecule has 6 heteroatoms. The Bertz CT molecular complexity index is 466. The molecule has 0 aliphatic heterocycles. The first-order valence-electron chi connectivity index (χ1n) is 6.40. The second-order valence-electron chi connectivity index (χ2n) is 4.44. The Morgan fingerprint density at radius 2 is 2.00 bits per heavy atom. The fourth-order valence-corrected chi connectivity index (χ4v) is 2.25. The smallest absolute Gasteiger partial charge is 0.148 e. The molecule has 104 valence electrons. The maximum atomic E-state index is 10.9. The van der Waals surface area contributed by atoms with Gasteiger partial charge in [0, 0.05) is 25.0 Å². The molecule has 0 saturated carbocycles. The molecule has 1 aromatic heterocycles. The van der Waals surface area contributed by atoms with Gasteiger partial charge in [0.2, 0.25) is 0 Å². The van der Waals surface area contributed by atoms with Crippen LogP contribution in [0.2, 0.25) is 0 Å². The molecule has 1 aromatic rings. The van der Waals surface area contributed by atoms with Crippen molar-refractivity contribution < 1.29 is 8.42 Å². The Labute approximate surface area is 109 Å². The van der Waals surface area contributed by atoms with Gasteiger partial charge in [0.25, 0.3) is 0 Å². The van der Waals surface area contributed by atoms with E-state index in [0.29, 0.717) is 6.54 Å². The van der Waals surface area contributed by atoms with Gasteiger partial charge >= 0.3 is 0 Å². The lowest BCUT2D eigenvalue weighted by molar-refractivity contribution is 0.540. The lowest BCUT2D eigenvalue weighted by Crippen LogP contribution is -2.26. The average Bonchev–Trinajstić information content (AvgIpc) is 2.69. The molecule has 0 saturated heterocycles. The third-order valence-electron chi connectivity index (χ3n) is 2.79. The first-order valence-corrected chi connectivity index (χ1v) is 8.46. The zero-order valence-corrected chi connectivity index (χ0v) is 12.3. The van der Waals surface area contributed by atoms with E-state index in [1.165, 1.54) is 11.9 Å². The molecule has 1 N–H and O–H groups in total. The number of nitrogens with one attached hydrogen (secondary N) is 1. The van der Waals surface area contributed by atoms with E-state index < -0.39 is 9.84 Å². The Hall–Kier alpha value is -0.880. The molecule has 0 aliphatic carbocycles. The van der Waals surface area contributed by atoms with E-state index in [9.17, 15) is 8.42 Å². The maximum Gasteiger partial charge on any atom is 0.148 e. The molecule has 0 aromatic carbocycles. The van der Waals surface area contributed by atoms with Crippen LogP contribution in [0.4, 0.5) is 0 Å². The highest BCUT2D eigenvalue weighted by Crippen LogP contribution is 2.05. The van der Waals surface area contributed by atoms with Crippen molar-refractivity contribution in [2.24, 2.45) is 0 Å². The van der Waals surface area contributed by atoms with Gasteiger partial charge in [-0.15, -0.1) is 0 Å². The van der Waals surface area contributed by atoms with E-state index >= 15 is 0 Å². The fraction of sp³-hybridized carbons (Fsp3) is 0.750. The number of hydrogen-bond acceptors (Lipinski definition) is 4. The van der Waals surface area contributed by atoms with E-state index in [2.05, 4.69) is 30.3 Å². The molecule has 18 heavy (non-hydrogen) atoms. The molecule has 0 bridgehead atoms. The number of aromatic nitrogens is 2. The monoisotopic (exact) mass is 273 g/mol. The molecule has 0 aliphatic rings. The summed E-state index contributed by atoms with van der Waals surface area (Å²) in [7, 11) is -2.87. The number of rotatable bonds is 8. The van der Waals surface area contributed by atoms with Crippen LogP contribution in [0.25, 0.3) is 0 Å². The van der Waals surface area contributed by atoms with Gasteiger partial charge in [-0.25, -0.2) is 8.42 Å². The second kappa shape index (κ2) is 6.89. The van der Waals surface area contributed by atoms with Crippen molar-refractivity contribution in [2.75, 3.05) is 25.1 Å². The molecule has 0 unspecified atom stereocenters. The Morgan fingerprint density at radius 3 is 2.56 bits per heavy atom. The van der Waals surface area contributed by atoms with Crippen LogP contribution in [0.3, 0.4) is 0 Å². The highest BCUT2D eigenvalue weighted by molar-refractivity contribution is 7.90. The van der Waals surface area contributed by atoms with Crippen LogP contribution in [0.15, 0.2) is 6.07 Å². The molecule has 0 amide bonds. The zero-order valence-electron chi connectivity index (χ0n) is 11.4. The van der Waals surface area contributed by atoms with Crippen LogP contribution < -0.4 is 5.32 Å². The molecular weight excluding hydrogens is 250 g/mol. The SMILES string of the molecule is CCc1cc(CC)n(CCNCCS(C)(=O)=O)n1. The van der Waals surface area contributed by atoms with Crippen molar-refractivity contribution in [1.82, 2.24) is 15.1 Å². The van der Waals surface area contributed by atoms with Gasteiger partial charge in [-0.05, 0) is 18.9 Å². The van der Waals surface area contributed by atoms with Gasteiger partial charge in [-0.1, -0.05) is 13.8 Å². The van der Waals surface area contributed by atoms with Crippen molar-refractivity contribution in [2.45, 2.75) is 33.2 Å². The molecule has 1 rings (SSSR count). The summed E-state index contributed by atoms with van der Waals surface area (Å²) in [5.41, 5.74) is 2.35. The topological polar surface area (TPSA) is 64.0 Å². The van der Waals surface area contributed by atoms with Crippen LogP contribution in [0.1, 0.15) is 25.2 Å². The van der Waals surface area contributed by atoms with Gasteiger partial charge in [-0.3, -0.25) is 4.68 Å². The van der Waals surface area contributed by atoms with Crippen LogP contribution in [-0.2, 0) is 29.2 Å². The van der Waals surface area contributed by atoms with E-state index in [0.717, 1.165) is 31.6 Å². The Kier molecular flexibility index (Phi) is 5.81. The molecule has 0 atom stereocenters. The minimum Gasteiger partial charge on any atom is -0.314 e. The van der Waals surface area contributed by atoms with E-state index in [-0.39, 0.29) is 5.75 Å². The third kappa shape index (κ3) is 5.18. The summed E-state index contributed by atoms with van der Waals surface area (Å²) in [5.74, 6) is 0.187. The normalized spacial score (nSPS) is 11.9. The Balaban J connectivity index is 2.37. The molecular formula is C12H23N3O2S. The van der Waals surface area contributed by atoms with Crippen molar-refractivity contribution in [3.63, 3.8) is 0 Å². The minimum absolute atomic E-state index is 0.187. The van der Waals surface area contributed by atoms with Crippen LogP contribution in [0, 0.1) is 0 Å². The highest BCUT2D eigenvalue weighted by Gasteiger charge is 2.05. The van der Waals surface area contributed by atoms with Gasteiger partial charge in [0.15, 0.2) is 0 Å². The highest BCUT2D eigenvalue weighted by atomic mass is 32.2. The summed E-state index contributed by atoms with van der Waals surface area (Å²) in [6.07, 6.45) is 3.17. The fourth-order valence-electron chi connectivity index (χ4n) is 1.73. The Morgan fingerprint density at radius 1 is 1.28 bits per heavy atom. The van der Waals surface area contributed by atoms with Crippen molar-refractivity contribution >= 4 is 9.84 Å². The van der Waals surface area contributed by atoms with E-state index in [1.54, 1.807) is 0 Å². The zero-order chi connectivity index (χ0) is 13.6. The minimum atomic E-state index is -2.87.